The van der Waals surface area contributed by atoms with Crippen LogP contribution in [0.25, 0.3) is 17.1 Å². The van der Waals surface area contributed by atoms with Gasteiger partial charge in [0.25, 0.3) is 11.6 Å². The minimum atomic E-state index is -0.745. The van der Waals surface area contributed by atoms with Gasteiger partial charge in [-0.25, -0.2) is 10.1 Å². The highest BCUT2D eigenvalue weighted by Gasteiger charge is 2.25. The molecule has 4 aromatic rings. The molecule has 2 heterocycles. The van der Waals surface area contributed by atoms with Gasteiger partial charge in [-0.2, -0.15) is 9.78 Å². The number of anilines is 1. The second-order valence-corrected chi connectivity index (χ2v) is 8.91. The molecule has 4 rings (SSSR count). The number of nitrogens with one attached hydrogen (secondary N) is 1. The molecule has 0 saturated carbocycles. The van der Waals surface area contributed by atoms with Gasteiger partial charge < -0.3 is 10.8 Å². The van der Waals surface area contributed by atoms with Gasteiger partial charge in [0.15, 0.2) is 5.69 Å². The number of nitrogens with two attached hydrogens (primary N) is 1. The molecule has 0 aliphatic carbocycles. The predicted molar refractivity (Wildman–Crippen MR) is 134 cm³/mol. The molecule has 16 heteroatoms. The molecule has 0 fully saturated rings. The fourth-order valence-corrected chi connectivity index (χ4v) is 4.71. The topological polar surface area (TPSA) is 200 Å². The molecule has 0 bridgehead atoms. The molecule has 0 atom stereocenters. The number of nitro benzene ring substituents is 1. The van der Waals surface area contributed by atoms with Crippen molar-refractivity contribution in [3.8, 4) is 22.8 Å². The van der Waals surface area contributed by atoms with Gasteiger partial charge in [0, 0.05) is 26.8 Å². The van der Waals surface area contributed by atoms with Crippen molar-refractivity contribution < 1.29 is 19.5 Å². The third-order valence-electron chi connectivity index (χ3n) is 4.36. The molecule has 14 nitrogen and oxygen atoms in total. The van der Waals surface area contributed by atoms with Gasteiger partial charge >= 0.3 is 0 Å². The van der Waals surface area contributed by atoms with E-state index < -0.39 is 10.8 Å². The van der Waals surface area contributed by atoms with Gasteiger partial charge in [0.1, 0.15) is 11.4 Å². The molecule has 0 spiro atoms. The van der Waals surface area contributed by atoms with E-state index in [1.807, 2.05) is 22.6 Å². The van der Waals surface area contributed by atoms with Gasteiger partial charge in [-0.15, -0.1) is 5.10 Å². The number of nitrogens with zero attached hydrogens (tertiary/aromatic N) is 7. The van der Waals surface area contributed by atoms with E-state index in [0.29, 0.717) is 14.7 Å². The summed E-state index contributed by atoms with van der Waals surface area (Å²) in [6.07, 6.45) is 1.28. The van der Waals surface area contributed by atoms with Crippen LogP contribution in [0.5, 0.6) is 5.75 Å². The molecule has 0 radical (unpaired) electrons. The van der Waals surface area contributed by atoms with Crippen molar-refractivity contribution in [3.05, 3.63) is 64.9 Å². The third kappa shape index (κ3) is 4.66. The van der Waals surface area contributed by atoms with E-state index in [9.17, 15) is 20.0 Å². The number of rotatable bonds is 6. The lowest BCUT2D eigenvalue weighted by atomic mass is 10.1. The highest BCUT2D eigenvalue weighted by atomic mass is 127. The summed E-state index contributed by atoms with van der Waals surface area (Å²) in [6.45, 7) is 0. The number of phenolic OH excluding ortho intramolecular Hbond substituents is 1. The van der Waals surface area contributed by atoms with E-state index in [2.05, 4.69) is 58.4 Å². The fourth-order valence-electron chi connectivity index (χ4n) is 2.82. The standard InChI is InChI=1S/C18H11I2N9O5/c19-10-5-9(15(30)12(20)6-10)7-22-24-18(31)13-14(8-1-3-11(4-2-8)29(32)33)28(27-23-13)17-16(21)25-34-26-17/h1-7,30H,(H2,21,25)(H,24,31)/b22-7+. The molecular weight excluding hydrogens is 676 g/mol. The van der Waals surface area contributed by atoms with Crippen molar-refractivity contribution >= 4 is 68.8 Å². The number of nitrogen functional groups attached to an aromatic ring is 1. The number of phenols is 1. The zero-order valence-electron chi connectivity index (χ0n) is 16.6. The second kappa shape index (κ2) is 9.67. The maximum absolute atomic E-state index is 12.9. The first kappa shape index (κ1) is 23.5. The normalized spacial score (nSPS) is 11.1. The van der Waals surface area contributed by atoms with E-state index in [0.717, 1.165) is 8.25 Å². The molecule has 4 N–H and O–H groups in total. The largest absolute Gasteiger partial charge is 0.506 e. The van der Waals surface area contributed by atoms with Crippen LogP contribution in [0, 0.1) is 17.3 Å². The average molecular weight is 687 g/mol. The summed E-state index contributed by atoms with van der Waals surface area (Å²) in [5, 5.41) is 40.0. The van der Waals surface area contributed by atoms with E-state index in [4.69, 9.17) is 5.73 Å². The van der Waals surface area contributed by atoms with Crippen LogP contribution >= 0.6 is 45.2 Å². The van der Waals surface area contributed by atoms with E-state index >= 15 is 0 Å². The second-order valence-electron chi connectivity index (χ2n) is 6.50. The van der Waals surface area contributed by atoms with Crippen molar-refractivity contribution in [2.24, 2.45) is 5.10 Å². The molecular formula is C18H11I2N9O5. The van der Waals surface area contributed by atoms with Crippen molar-refractivity contribution in [2.45, 2.75) is 0 Å². The Balaban J connectivity index is 1.70. The number of benzene rings is 2. The predicted octanol–water partition coefficient (Wildman–Crippen LogP) is 2.49. The highest BCUT2D eigenvalue weighted by molar-refractivity contribution is 14.1. The summed E-state index contributed by atoms with van der Waals surface area (Å²) in [6, 6.07) is 8.83. The number of halogens is 2. The lowest BCUT2D eigenvalue weighted by Gasteiger charge is -2.06. The van der Waals surface area contributed by atoms with Crippen LogP contribution in [0.3, 0.4) is 0 Å². The minimum Gasteiger partial charge on any atom is -0.506 e. The first-order valence-electron chi connectivity index (χ1n) is 9.06. The Morgan fingerprint density at radius 1 is 1.26 bits per heavy atom. The number of nitro groups is 1. The van der Waals surface area contributed by atoms with Crippen LogP contribution in [0.2, 0.25) is 0 Å². The van der Waals surface area contributed by atoms with Crippen LogP contribution in [0.15, 0.2) is 46.1 Å². The van der Waals surface area contributed by atoms with Crippen LogP contribution in [0.1, 0.15) is 16.1 Å². The van der Waals surface area contributed by atoms with Crippen LogP contribution in [0.4, 0.5) is 11.5 Å². The number of hydrogen-bond acceptors (Lipinski definition) is 11. The maximum Gasteiger partial charge on any atom is 0.294 e. The number of aromatic hydroxyl groups is 1. The van der Waals surface area contributed by atoms with Crippen LogP contribution < -0.4 is 11.2 Å². The third-order valence-corrected chi connectivity index (χ3v) is 5.81. The lowest BCUT2D eigenvalue weighted by Crippen LogP contribution is -2.19. The highest BCUT2D eigenvalue weighted by Crippen LogP contribution is 2.28. The molecule has 0 saturated heterocycles. The summed E-state index contributed by atoms with van der Waals surface area (Å²) in [7, 11) is 0. The Labute approximate surface area is 216 Å². The Hall–Kier alpha value is -3.68. The minimum absolute atomic E-state index is 0.0190. The number of hydrogen-bond donors (Lipinski definition) is 3. The molecule has 2 aromatic carbocycles. The quantitative estimate of drug-likeness (QED) is 0.117. The molecule has 34 heavy (non-hydrogen) atoms. The molecule has 0 aliphatic rings. The molecule has 172 valence electrons. The number of non-ortho nitro benzene ring substituents is 1. The van der Waals surface area contributed by atoms with Gasteiger partial charge in [-0.3, -0.25) is 14.9 Å². The van der Waals surface area contributed by atoms with Gasteiger partial charge in [-0.05, 0) is 79.8 Å². The van der Waals surface area contributed by atoms with Crippen molar-refractivity contribution in [1.82, 2.24) is 30.7 Å². The summed E-state index contributed by atoms with van der Waals surface area (Å²) < 4.78 is 7.22. The average Bonchev–Trinajstić information content (AvgIpc) is 3.42. The molecule has 0 aliphatic heterocycles. The van der Waals surface area contributed by atoms with Gasteiger partial charge in [-0.1, -0.05) is 5.21 Å². The number of aromatic nitrogens is 5. The molecule has 1 amide bonds. The van der Waals surface area contributed by atoms with Crippen LogP contribution in [-0.4, -0.2) is 47.5 Å². The Morgan fingerprint density at radius 2 is 2.00 bits per heavy atom. The Kier molecular flexibility index (Phi) is 6.68. The number of carbonyl (C=O) groups excluding carboxylic acids is 1. The summed E-state index contributed by atoms with van der Waals surface area (Å²) in [5.41, 5.74) is 8.65. The van der Waals surface area contributed by atoms with Crippen molar-refractivity contribution in [2.75, 3.05) is 5.73 Å². The van der Waals surface area contributed by atoms with Crippen LogP contribution in [-0.2, 0) is 0 Å². The van der Waals surface area contributed by atoms with Gasteiger partial charge in [0.2, 0.25) is 11.6 Å². The van der Waals surface area contributed by atoms with E-state index in [-0.39, 0.29) is 34.5 Å². The number of hydrazone groups is 1. The summed E-state index contributed by atoms with van der Waals surface area (Å²) in [4.78, 5) is 23.3. The monoisotopic (exact) mass is 687 g/mol. The number of amides is 1. The first-order chi connectivity index (χ1) is 16.3. The zero-order valence-corrected chi connectivity index (χ0v) is 20.9. The first-order valence-corrected chi connectivity index (χ1v) is 11.2. The summed E-state index contributed by atoms with van der Waals surface area (Å²) in [5.74, 6) is -0.861. The van der Waals surface area contributed by atoms with E-state index in [1.54, 1.807) is 12.1 Å². The zero-order chi connectivity index (χ0) is 24.4. The van der Waals surface area contributed by atoms with E-state index in [1.165, 1.54) is 30.5 Å². The van der Waals surface area contributed by atoms with Crippen molar-refractivity contribution in [3.63, 3.8) is 0 Å². The maximum atomic E-state index is 12.9. The smallest absolute Gasteiger partial charge is 0.294 e. The Bertz CT molecular complexity index is 1430. The Morgan fingerprint density at radius 3 is 2.65 bits per heavy atom. The molecule has 0 unspecified atom stereocenters. The fraction of sp³-hybridized carbons (Fsp3) is 0. The SMILES string of the molecule is Nc1nonc1-n1nnc(C(=O)N/N=C/c2cc(I)cc(I)c2O)c1-c1ccc([N+](=O)[O-])cc1. The van der Waals surface area contributed by atoms with Gasteiger partial charge in [0.05, 0.1) is 14.7 Å². The molecule has 2 aromatic heterocycles. The van der Waals surface area contributed by atoms with Crippen molar-refractivity contribution in [1.29, 1.82) is 0 Å². The lowest BCUT2D eigenvalue weighted by molar-refractivity contribution is -0.384. The number of carbonyl (C=O) groups is 1. The summed E-state index contributed by atoms with van der Waals surface area (Å²) >= 11 is 4.07.